The van der Waals surface area contributed by atoms with Crippen molar-refractivity contribution in [2.45, 2.75) is 30.7 Å². The molecule has 0 aromatic heterocycles. The maximum absolute atomic E-state index is 13.4. The molecule has 0 spiro atoms. The average molecular weight is 487 g/mol. The molecule has 4 rings (SSSR count). The van der Waals surface area contributed by atoms with Crippen LogP contribution in [0, 0.1) is 11.6 Å². The first kappa shape index (κ1) is 24.2. The highest BCUT2D eigenvalue weighted by atomic mass is 35.5. The van der Waals surface area contributed by atoms with E-state index in [1.165, 1.54) is 29.8 Å². The Morgan fingerprint density at radius 3 is 1.94 bits per heavy atom. The van der Waals surface area contributed by atoms with Crippen molar-refractivity contribution in [1.29, 1.82) is 0 Å². The molecule has 0 atom stereocenters. The molecule has 33 heavy (non-hydrogen) atoms. The molecule has 2 nitrogen and oxygen atoms in total. The van der Waals surface area contributed by atoms with Gasteiger partial charge in [0.05, 0.1) is 5.25 Å². The van der Waals surface area contributed by atoms with E-state index in [-0.39, 0.29) is 16.9 Å². The highest BCUT2D eigenvalue weighted by molar-refractivity contribution is 7.99. The average Bonchev–Trinajstić information content (AvgIpc) is 2.84. The van der Waals surface area contributed by atoms with Gasteiger partial charge in [0, 0.05) is 29.9 Å². The molecule has 1 saturated heterocycles. The lowest BCUT2D eigenvalue weighted by Gasteiger charge is -2.32. The number of benzene rings is 3. The minimum Gasteiger partial charge on any atom is -0.310 e. The van der Waals surface area contributed by atoms with E-state index in [1.807, 2.05) is 48.2 Å². The zero-order chi connectivity index (χ0) is 23.0. The first-order valence-corrected chi connectivity index (χ1v) is 12.8. The molecule has 3 aromatic carbocycles. The number of nitrogens with one attached hydrogen (secondary N) is 1. The summed E-state index contributed by atoms with van der Waals surface area (Å²) in [6.45, 7) is 4.04. The highest BCUT2D eigenvalue weighted by Crippen LogP contribution is 2.36. The molecule has 0 saturated carbocycles. The van der Waals surface area contributed by atoms with Gasteiger partial charge in [-0.05, 0) is 79.0 Å². The number of thioether (sulfide) groups is 1. The summed E-state index contributed by atoms with van der Waals surface area (Å²) in [7, 11) is 0. The summed E-state index contributed by atoms with van der Waals surface area (Å²) in [6.07, 6.45) is 2.27. The first-order valence-electron chi connectivity index (χ1n) is 11.4. The SMILES string of the molecule is Fc1ccc(C(SCCN2CCC(NCc3ccc(Cl)cc3)CC2)c2ccc(F)cc2)cc1. The summed E-state index contributed by atoms with van der Waals surface area (Å²) >= 11 is 7.79. The Kier molecular flexibility index (Phi) is 8.79. The Hall–Kier alpha value is -1.92. The van der Waals surface area contributed by atoms with Crippen LogP contribution in [0.3, 0.4) is 0 Å². The fourth-order valence-corrected chi connectivity index (χ4v) is 5.61. The van der Waals surface area contributed by atoms with Crippen molar-refractivity contribution in [1.82, 2.24) is 10.2 Å². The number of likely N-dealkylation sites (tertiary alicyclic amines) is 1. The Labute approximate surface area is 204 Å². The maximum atomic E-state index is 13.4. The summed E-state index contributed by atoms with van der Waals surface area (Å²) in [5.41, 5.74) is 3.34. The van der Waals surface area contributed by atoms with Crippen molar-refractivity contribution < 1.29 is 8.78 Å². The largest absolute Gasteiger partial charge is 0.310 e. The van der Waals surface area contributed by atoms with Crippen LogP contribution in [-0.4, -0.2) is 36.3 Å². The van der Waals surface area contributed by atoms with Gasteiger partial charge in [0.2, 0.25) is 0 Å². The van der Waals surface area contributed by atoms with Crippen LogP contribution in [0.4, 0.5) is 8.78 Å². The van der Waals surface area contributed by atoms with Crippen LogP contribution in [-0.2, 0) is 6.54 Å². The van der Waals surface area contributed by atoms with Gasteiger partial charge >= 0.3 is 0 Å². The monoisotopic (exact) mass is 486 g/mol. The molecule has 1 fully saturated rings. The smallest absolute Gasteiger partial charge is 0.123 e. The molecule has 6 heteroatoms. The molecule has 174 valence electrons. The molecule has 3 aromatic rings. The van der Waals surface area contributed by atoms with Crippen molar-refractivity contribution in [2.24, 2.45) is 0 Å². The van der Waals surface area contributed by atoms with E-state index in [1.54, 1.807) is 0 Å². The zero-order valence-corrected chi connectivity index (χ0v) is 20.1. The fraction of sp³-hybridized carbons (Fsp3) is 0.333. The molecule has 0 amide bonds. The van der Waals surface area contributed by atoms with Gasteiger partial charge in [0.1, 0.15) is 11.6 Å². The lowest BCUT2D eigenvalue weighted by atomic mass is 10.0. The van der Waals surface area contributed by atoms with Gasteiger partial charge in [-0.25, -0.2) is 8.78 Å². The number of rotatable bonds is 9. The lowest BCUT2D eigenvalue weighted by molar-refractivity contribution is 0.207. The predicted octanol–water partition coefficient (Wildman–Crippen LogP) is 6.70. The van der Waals surface area contributed by atoms with E-state index in [0.29, 0.717) is 6.04 Å². The third-order valence-corrected chi connectivity index (χ3v) is 7.68. The van der Waals surface area contributed by atoms with Crippen molar-refractivity contribution >= 4 is 23.4 Å². The van der Waals surface area contributed by atoms with Gasteiger partial charge in [-0.15, -0.1) is 11.8 Å². The van der Waals surface area contributed by atoms with Crippen LogP contribution < -0.4 is 5.32 Å². The van der Waals surface area contributed by atoms with Gasteiger partial charge in [-0.3, -0.25) is 0 Å². The first-order chi connectivity index (χ1) is 16.1. The minimum atomic E-state index is -0.242. The Balaban J connectivity index is 1.25. The van der Waals surface area contributed by atoms with Crippen LogP contribution in [0.1, 0.15) is 34.8 Å². The molecule has 0 aliphatic carbocycles. The van der Waals surface area contributed by atoms with Crippen LogP contribution in [0.25, 0.3) is 0 Å². The summed E-state index contributed by atoms with van der Waals surface area (Å²) in [4.78, 5) is 2.51. The van der Waals surface area contributed by atoms with Crippen LogP contribution in [0.2, 0.25) is 5.02 Å². The third-order valence-electron chi connectivity index (χ3n) is 6.13. The maximum Gasteiger partial charge on any atom is 0.123 e. The third kappa shape index (κ3) is 7.28. The van der Waals surface area contributed by atoms with Crippen LogP contribution in [0.5, 0.6) is 0 Å². The fourth-order valence-electron chi connectivity index (χ4n) is 4.18. The van der Waals surface area contributed by atoms with Crippen LogP contribution in [0.15, 0.2) is 72.8 Å². The quantitative estimate of drug-likeness (QED) is 0.362. The Bertz CT molecular complexity index is 943. The van der Waals surface area contributed by atoms with Crippen molar-refractivity contribution in [2.75, 3.05) is 25.4 Å². The molecule has 1 N–H and O–H groups in total. The van der Waals surface area contributed by atoms with E-state index in [4.69, 9.17) is 11.6 Å². The molecule has 1 aliphatic rings. The number of piperidine rings is 1. The van der Waals surface area contributed by atoms with E-state index >= 15 is 0 Å². The molecule has 0 radical (unpaired) electrons. The second kappa shape index (κ2) is 12.0. The second-order valence-electron chi connectivity index (χ2n) is 8.48. The normalized spacial score (nSPS) is 15.3. The van der Waals surface area contributed by atoms with E-state index < -0.39 is 0 Å². The van der Waals surface area contributed by atoms with Gasteiger partial charge in [0.25, 0.3) is 0 Å². The zero-order valence-electron chi connectivity index (χ0n) is 18.5. The predicted molar refractivity (Wildman–Crippen MR) is 135 cm³/mol. The number of halogens is 3. The van der Waals surface area contributed by atoms with Gasteiger partial charge in [0.15, 0.2) is 0 Å². The summed E-state index contributed by atoms with van der Waals surface area (Å²) in [5.74, 6) is 0.478. The van der Waals surface area contributed by atoms with E-state index in [9.17, 15) is 8.78 Å². The van der Waals surface area contributed by atoms with Gasteiger partial charge in [-0.2, -0.15) is 0 Å². The highest BCUT2D eigenvalue weighted by Gasteiger charge is 2.20. The minimum absolute atomic E-state index is 0.0600. The van der Waals surface area contributed by atoms with Gasteiger partial charge < -0.3 is 10.2 Å². The Morgan fingerprint density at radius 2 is 1.39 bits per heavy atom. The van der Waals surface area contributed by atoms with Crippen molar-refractivity contribution in [3.8, 4) is 0 Å². The Morgan fingerprint density at radius 1 is 0.848 bits per heavy atom. The molecular formula is C27H29ClF2N2S. The summed E-state index contributed by atoms with van der Waals surface area (Å²) < 4.78 is 26.9. The molecule has 0 unspecified atom stereocenters. The molecule has 1 aliphatic heterocycles. The molecule has 0 bridgehead atoms. The summed E-state index contributed by atoms with van der Waals surface area (Å²) in [5, 5.41) is 4.50. The van der Waals surface area contributed by atoms with E-state index in [0.717, 1.165) is 60.9 Å². The topological polar surface area (TPSA) is 15.3 Å². The second-order valence-corrected chi connectivity index (χ2v) is 10.1. The molecular weight excluding hydrogens is 458 g/mol. The van der Waals surface area contributed by atoms with Crippen molar-refractivity contribution in [3.05, 3.63) is 106 Å². The number of nitrogens with zero attached hydrogens (tertiary/aromatic N) is 1. The van der Waals surface area contributed by atoms with Crippen molar-refractivity contribution in [3.63, 3.8) is 0 Å². The summed E-state index contributed by atoms with van der Waals surface area (Å²) in [6, 6.07) is 21.8. The number of hydrogen-bond acceptors (Lipinski definition) is 3. The standard InChI is InChI=1S/C27H29ClF2N2S/c28-23-7-1-20(2-8-23)19-31-26-13-15-32(16-14-26)17-18-33-27(21-3-9-24(29)10-4-21)22-5-11-25(30)12-6-22/h1-12,26-27,31H,13-19H2. The lowest BCUT2D eigenvalue weighted by Crippen LogP contribution is -2.42. The van der Waals surface area contributed by atoms with Gasteiger partial charge in [-0.1, -0.05) is 48.0 Å². The number of hydrogen-bond donors (Lipinski definition) is 1. The van der Waals surface area contributed by atoms with E-state index in [2.05, 4.69) is 22.3 Å². The van der Waals surface area contributed by atoms with Crippen LogP contribution >= 0.6 is 23.4 Å². The molecule has 1 heterocycles.